The number of carbonyl (C=O) groups is 1. The Labute approximate surface area is 153 Å². The van der Waals surface area contributed by atoms with Crippen molar-refractivity contribution in [3.8, 4) is 0 Å². The van der Waals surface area contributed by atoms with Crippen molar-refractivity contribution in [2.45, 2.75) is 73.2 Å². The molecule has 0 spiro atoms. The van der Waals surface area contributed by atoms with Gasteiger partial charge < -0.3 is 29.2 Å². The molecule has 25 heavy (non-hydrogen) atoms. The zero-order valence-electron chi connectivity index (χ0n) is 17.1. The van der Waals surface area contributed by atoms with E-state index in [9.17, 15) is 4.79 Å². The highest BCUT2D eigenvalue weighted by Gasteiger charge is 2.07. The predicted octanol–water partition coefficient (Wildman–Crippen LogP) is 2.17. The molecule has 0 rings (SSSR count). The summed E-state index contributed by atoms with van der Waals surface area (Å²) in [4.78, 5) is 9.98. The van der Waals surface area contributed by atoms with E-state index < -0.39 is 6.10 Å². The number of hydrogen-bond acceptors (Lipinski definition) is 7. The SMILES string of the molecule is CC(O)COC(C)COC(C)CO.CCCOC(C)=O.CCOCC. The lowest BCUT2D eigenvalue weighted by atomic mass is 10.4. The van der Waals surface area contributed by atoms with E-state index in [2.05, 4.69) is 4.74 Å². The van der Waals surface area contributed by atoms with Crippen LogP contribution in [0.15, 0.2) is 0 Å². The van der Waals surface area contributed by atoms with Gasteiger partial charge in [-0.1, -0.05) is 6.92 Å². The molecule has 3 atom stereocenters. The number of carbonyl (C=O) groups excluding carboxylic acids is 1. The molecule has 154 valence electrons. The fourth-order valence-corrected chi connectivity index (χ4v) is 1.15. The van der Waals surface area contributed by atoms with Crippen LogP contribution in [-0.2, 0) is 23.7 Å². The number of ether oxygens (including phenoxy) is 4. The molecule has 0 aromatic heterocycles. The zero-order valence-corrected chi connectivity index (χ0v) is 17.1. The van der Waals surface area contributed by atoms with E-state index in [1.54, 1.807) is 13.8 Å². The van der Waals surface area contributed by atoms with E-state index in [1.165, 1.54) is 6.92 Å². The first kappa shape index (κ1) is 29.0. The summed E-state index contributed by atoms with van der Waals surface area (Å²) in [6.45, 7) is 15.7. The summed E-state index contributed by atoms with van der Waals surface area (Å²) in [6.07, 6.45) is 0.249. The highest BCUT2D eigenvalue weighted by atomic mass is 16.5. The van der Waals surface area contributed by atoms with Crippen molar-refractivity contribution < 1.29 is 34.0 Å². The molecule has 3 unspecified atom stereocenters. The molecule has 2 N–H and O–H groups in total. The number of hydrogen-bond donors (Lipinski definition) is 2. The van der Waals surface area contributed by atoms with Crippen molar-refractivity contribution in [2.24, 2.45) is 0 Å². The predicted molar refractivity (Wildman–Crippen MR) is 98.7 cm³/mol. The minimum absolute atomic E-state index is 0.0170. The van der Waals surface area contributed by atoms with Crippen LogP contribution in [0.25, 0.3) is 0 Å². The molecule has 0 radical (unpaired) electrons. The van der Waals surface area contributed by atoms with E-state index in [-0.39, 0.29) is 24.8 Å². The van der Waals surface area contributed by atoms with Gasteiger partial charge in [0, 0.05) is 20.1 Å². The molecule has 0 aliphatic rings. The molecule has 0 saturated carbocycles. The molecule has 7 heteroatoms. The summed E-state index contributed by atoms with van der Waals surface area (Å²) in [5.41, 5.74) is 0. The Hall–Kier alpha value is -0.730. The van der Waals surface area contributed by atoms with Crippen LogP contribution in [0.3, 0.4) is 0 Å². The Balaban J connectivity index is -0.000000337. The molecule has 0 aliphatic carbocycles. The van der Waals surface area contributed by atoms with Gasteiger partial charge in [0.25, 0.3) is 0 Å². The third kappa shape index (κ3) is 35.3. The van der Waals surface area contributed by atoms with Gasteiger partial charge in [-0.05, 0) is 41.0 Å². The number of esters is 1. The minimum atomic E-state index is -0.447. The highest BCUT2D eigenvalue weighted by molar-refractivity contribution is 5.65. The van der Waals surface area contributed by atoms with Gasteiger partial charge in [0.1, 0.15) is 0 Å². The highest BCUT2D eigenvalue weighted by Crippen LogP contribution is 1.97. The van der Waals surface area contributed by atoms with E-state index >= 15 is 0 Å². The van der Waals surface area contributed by atoms with Crippen LogP contribution in [0, 0.1) is 0 Å². The summed E-state index contributed by atoms with van der Waals surface area (Å²) in [7, 11) is 0. The molecule has 0 aliphatic heterocycles. The van der Waals surface area contributed by atoms with Gasteiger partial charge in [0.2, 0.25) is 0 Å². The topological polar surface area (TPSA) is 94.5 Å². The summed E-state index contributed by atoms with van der Waals surface area (Å²) < 4.78 is 19.9. The summed E-state index contributed by atoms with van der Waals surface area (Å²) in [5.74, 6) is -0.193. The quantitative estimate of drug-likeness (QED) is 0.540. The van der Waals surface area contributed by atoms with Crippen LogP contribution in [0.1, 0.15) is 54.9 Å². The summed E-state index contributed by atoms with van der Waals surface area (Å²) in [6, 6.07) is 0. The normalized spacial score (nSPS) is 13.5. The van der Waals surface area contributed by atoms with Crippen LogP contribution < -0.4 is 0 Å². The van der Waals surface area contributed by atoms with Crippen molar-refractivity contribution in [3.63, 3.8) is 0 Å². The van der Waals surface area contributed by atoms with Crippen LogP contribution in [0.2, 0.25) is 0 Å². The summed E-state index contributed by atoms with van der Waals surface area (Å²) in [5, 5.41) is 17.6. The Bertz CT molecular complexity index is 258. The average molecular weight is 369 g/mol. The van der Waals surface area contributed by atoms with E-state index in [4.69, 9.17) is 24.4 Å². The maximum absolute atomic E-state index is 9.98. The van der Waals surface area contributed by atoms with E-state index in [1.807, 2.05) is 27.7 Å². The maximum atomic E-state index is 9.98. The Morgan fingerprint density at radius 3 is 1.76 bits per heavy atom. The number of rotatable bonds is 11. The van der Waals surface area contributed by atoms with Crippen molar-refractivity contribution >= 4 is 5.97 Å². The Morgan fingerprint density at radius 1 is 0.960 bits per heavy atom. The molecular weight excluding hydrogens is 328 g/mol. The van der Waals surface area contributed by atoms with Gasteiger partial charge in [-0.15, -0.1) is 0 Å². The van der Waals surface area contributed by atoms with Crippen LogP contribution in [0.4, 0.5) is 0 Å². The van der Waals surface area contributed by atoms with Crippen LogP contribution in [0.5, 0.6) is 0 Å². The van der Waals surface area contributed by atoms with Gasteiger partial charge >= 0.3 is 5.97 Å². The largest absolute Gasteiger partial charge is 0.466 e. The van der Waals surface area contributed by atoms with Crippen molar-refractivity contribution in [3.05, 3.63) is 0 Å². The van der Waals surface area contributed by atoms with Crippen molar-refractivity contribution in [2.75, 3.05) is 39.6 Å². The van der Waals surface area contributed by atoms with Gasteiger partial charge in [-0.25, -0.2) is 0 Å². The number of aliphatic hydroxyl groups is 2. The minimum Gasteiger partial charge on any atom is -0.466 e. The van der Waals surface area contributed by atoms with E-state index in [0.717, 1.165) is 19.6 Å². The van der Waals surface area contributed by atoms with Crippen LogP contribution in [-0.4, -0.2) is 74.1 Å². The fourth-order valence-electron chi connectivity index (χ4n) is 1.15. The molecule has 0 fully saturated rings. The number of aliphatic hydroxyl groups excluding tert-OH is 2. The van der Waals surface area contributed by atoms with Gasteiger partial charge in [-0.3, -0.25) is 4.79 Å². The Kier molecular flexibility index (Phi) is 27.0. The monoisotopic (exact) mass is 368 g/mol. The Morgan fingerprint density at radius 2 is 1.48 bits per heavy atom. The lowest BCUT2D eigenvalue weighted by Gasteiger charge is -2.16. The molecule has 7 nitrogen and oxygen atoms in total. The molecule has 0 aromatic carbocycles. The molecule has 0 amide bonds. The third-order valence-corrected chi connectivity index (χ3v) is 2.41. The van der Waals surface area contributed by atoms with Crippen LogP contribution >= 0.6 is 0 Å². The second-order valence-electron chi connectivity index (χ2n) is 5.44. The lowest BCUT2D eigenvalue weighted by molar-refractivity contribution is -0.140. The second-order valence-corrected chi connectivity index (χ2v) is 5.44. The maximum Gasteiger partial charge on any atom is 0.302 e. The summed E-state index contributed by atoms with van der Waals surface area (Å²) >= 11 is 0. The first-order valence-corrected chi connectivity index (χ1v) is 8.98. The lowest BCUT2D eigenvalue weighted by Crippen LogP contribution is -2.24. The average Bonchev–Trinajstić information content (AvgIpc) is 2.57. The molecule has 0 bridgehead atoms. The molecular formula is C18H40O7. The standard InChI is InChI=1S/C9H20O4.C5H10O2.C4H10O/c1-7(11)5-12-9(3)6-13-8(2)4-10;1-3-4-7-5(2)6;1-3-5-4-2/h7-11H,4-6H2,1-3H3;3-4H2,1-2H3;3-4H2,1-2H3. The van der Waals surface area contributed by atoms with Crippen molar-refractivity contribution in [1.82, 2.24) is 0 Å². The van der Waals surface area contributed by atoms with E-state index in [0.29, 0.717) is 19.8 Å². The third-order valence-electron chi connectivity index (χ3n) is 2.41. The second kappa shape index (κ2) is 23.3. The first-order chi connectivity index (χ1) is 11.7. The zero-order chi connectivity index (χ0) is 20.1. The fraction of sp³-hybridized carbons (Fsp3) is 0.944. The molecule has 0 heterocycles. The smallest absolute Gasteiger partial charge is 0.302 e. The molecule has 0 saturated heterocycles. The molecule has 0 aromatic rings. The van der Waals surface area contributed by atoms with Gasteiger partial charge in [-0.2, -0.15) is 0 Å². The van der Waals surface area contributed by atoms with Gasteiger partial charge in [0.15, 0.2) is 0 Å². The first-order valence-electron chi connectivity index (χ1n) is 8.98. The van der Waals surface area contributed by atoms with Gasteiger partial charge in [0.05, 0.1) is 44.7 Å². The van der Waals surface area contributed by atoms with Crippen molar-refractivity contribution in [1.29, 1.82) is 0 Å².